The highest BCUT2D eigenvalue weighted by Crippen LogP contribution is 2.28. The Bertz CT molecular complexity index is 957. The molecule has 7 nitrogen and oxygen atoms in total. The van der Waals surface area contributed by atoms with Crippen molar-refractivity contribution in [1.29, 1.82) is 5.26 Å². The fourth-order valence-electron chi connectivity index (χ4n) is 5.69. The molecule has 2 aliphatic carbocycles. The van der Waals surface area contributed by atoms with Crippen molar-refractivity contribution in [2.24, 2.45) is 5.92 Å². The van der Waals surface area contributed by atoms with E-state index in [4.69, 9.17) is 5.26 Å². The summed E-state index contributed by atoms with van der Waals surface area (Å²) in [6.45, 7) is 14.4. The van der Waals surface area contributed by atoms with Crippen LogP contribution in [0.5, 0.6) is 0 Å². The highest BCUT2D eigenvalue weighted by atomic mass is 16.2. The molecule has 1 saturated heterocycles. The molecule has 0 radical (unpaired) electrons. The second-order valence-corrected chi connectivity index (χ2v) is 10.2. The summed E-state index contributed by atoms with van der Waals surface area (Å²) in [5.41, 5.74) is 2.71. The summed E-state index contributed by atoms with van der Waals surface area (Å²) in [5.74, 6) is -0.408. The summed E-state index contributed by atoms with van der Waals surface area (Å²) in [4.78, 5) is 36.8. The average molecular weight is 555 g/mol. The first kappa shape index (κ1) is 35.3. The lowest BCUT2D eigenvalue weighted by Gasteiger charge is -2.31. The number of benzene rings is 1. The van der Waals surface area contributed by atoms with Crippen molar-refractivity contribution in [3.63, 3.8) is 0 Å². The fraction of sp³-hybridized carbons (Fsp3) is 0.697. The van der Waals surface area contributed by atoms with Gasteiger partial charge in [0.05, 0.1) is 6.07 Å². The Morgan fingerprint density at radius 2 is 1.45 bits per heavy atom. The number of fused-ring (bicyclic) bond motifs is 1. The van der Waals surface area contributed by atoms with Gasteiger partial charge in [-0.1, -0.05) is 78.5 Å². The summed E-state index contributed by atoms with van der Waals surface area (Å²) in [6, 6.07) is 9.03. The largest absolute Gasteiger partial charge is 0.322 e. The first-order valence-electron chi connectivity index (χ1n) is 15.8. The van der Waals surface area contributed by atoms with Gasteiger partial charge in [-0.25, -0.2) is 0 Å². The molecule has 1 unspecified atom stereocenters. The van der Waals surface area contributed by atoms with Crippen molar-refractivity contribution in [2.75, 3.05) is 0 Å². The molecule has 3 fully saturated rings. The van der Waals surface area contributed by atoms with E-state index in [9.17, 15) is 14.4 Å². The van der Waals surface area contributed by atoms with Crippen molar-refractivity contribution >= 4 is 17.7 Å². The van der Waals surface area contributed by atoms with Gasteiger partial charge in [0.25, 0.3) is 5.91 Å². The number of piperidine rings is 1. The zero-order valence-electron chi connectivity index (χ0n) is 26.1. The van der Waals surface area contributed by atoms with Crippen LogP contribution in [0.1, 0.15) is 134 Å². The lowest BCUT2D eigenvalue weighted by atomic mass is 9.85. The molecular weight excluding hydrogens is 500 g/mol. The zero-order chi connectivity index (χ0) is 30.1. The minimum atomic E-state index is -0.530. The molecule has 2 saturated carbocycles. The van der Waals surface area contributed by atoms with Crippen molar-refractivity contribution < 1.29 is 14.4 Å². The Balaban J connectivity index is 0.000000344. The van der Waals surface area contributed by atoms with E-state index in [1.165, 1.54) is 44.9 Å². The Morgan fingerprint density at radius 3 is 2.02 bits per heavy atom. The lowest BCUT2D eigenvalue weighted by Crippen LogP contribution is -2.52. The number of nitrogens with zero attached hydrogens (tertiary/aromatic N) is 2. The quantitative estimate of drug-likeness (QED) is 0.399. The average Bonchev–Trinajstić information content (AvgIpc) is 3.32. The number of hydrogen-bond donors (Lipinski definition) is 2. The number of rotatable bonds is 3. The lowest BCUT2D eigenvalue weighted by molar-refractivity contribution is -0.136. The summed E-state index contributed by atoms with van der Waals surface area (Å²) in [6.07, 6.45) is 12.3. The molecule has 0 aromatic heterocycles. The number of carbonyl (C=O) groups excluding carboxylic acids is 3. The summed E-state index contributed by atoms with van der Waals surface area (Å²) >= 11 is 0. The molecule has 2 heterocycles. The maximum atomic E-state index is 12.3. The van der Waals surface area contributed by atoms with Gasteiger partial charge in [-0.2, -0.15) is 5.26 Å². The minimum absolute atomic E-state index is 0.121. The minimum Gasteiger partial charge on any atom is -0.322 e. The molecule has 7 heteroatoms. The van der Waals surface area contributed by atoms with Gasteiger partial charge in [0.2, 0.25) is 11.8 Å². The Morgan fingerprint density at radius 1 is 0.850 bits per heavy atom. The molecule has 0 bridgehead atoms. The zero-order valence-corrected chi connectivity index (χ0v) is 26.1. The van der Waals surface area contributed by atoms with Gasteiger partial charge in [-0.15, -0.1) is 0 Å². The molecule has 1 atom stereocenters. The second kappa shape index (κ2) is 19.4. The van der Waals surface area contributed by atoms with Crippen LogP contribution in [0.4, 0.5) is 0 Å². The van der Waals surface area contributed by atoms with E-state index >= 15 is 0 Å². The molecule has 1 aromatic carbocycles. The van der Waals surface area contributed by atoms with Crippen LogP contribution < -0.4 is 10.6 Å². The standard InChI is InChI=1S/C14H14N2O3.C13H22N2.3C2H6/c1-8-2-3-10-9(6-8)7-16(14(10)19)11-4-5-12(17)15-13(11)18;14-10-11-6-8-13(9-7-11)15-12-4-2-1-3-5-12;3*1-2/h2-3,6,11H,4-5,7H2,1H3,(H,15,17,18);11-13,15H,1-9H2;3*1-2H3. The van der Waals surface area contributed by atoms with Crippen molar-refractivity contribution in [3.8, 4) is 6.07 Å². The maximum Gasteiger partial charge on any atom is 0.255 e. The van der Waals surface area contributed by atoms with Gasteiger partial charge in [-0.3, -0.25) is 19.7 Å². The monoisotopic (exact) mass is 554 g/mol. The van der Waals surface area contributed by atoms with Gasteiger partial charge >= 0.3 is 0 Å². The molecule has 224 valence electrons. The smallest absolute Gasteiger partial charge is 0.255 e. The molecule has 2 aliphatic heterocycles. The highest BCUT2D eigenvalue weighted by molar-refractivity contribution is 6.05. The number of carbonyl (C=O) groups is 3. The SMILES string of the molecule is CC.CC.CC.Cc1ccc2c(c1)CN(C1CCC(=O)NC1=O)C2=O.N#CC1CCC(NC2CCCCC2)CC1. The number of nitrogens with one attached hydrogen (secondary N) is 2. The third kappa shape index (κ3) is 10.4. The maximum absolute atomic E-state index is 12.3. The van der Waals surface area contributed by atoms with E-state index in [-0.39, 0.29) is 24.1 Å². The van der Waals surface area contributed by atoms with Crippen molar-refractivity contribution in [2.45, 2.75) is 144 Å². The van der Waals surface area contributed by atoms with Crippen LogP contribution in [0.25, 0.3) is 0 Å². The molecule has 40 heavy (non-hydrogen) atoms. The molecule has 1 aromatic rings. The van der Waals surface area contributed by atoms with Gasteiger partial charge in [0.15, 0.2) is 0 Å². The van der Waals surface area contributed by atoms with E-state index in [1.807, 2.05) is 60.6 Å². The number of hydrogen-bond acceptors (Lipinski definition) is 5. The predicted molar refractivity (Wildman–Crippen MR) is 163 cm³/mol. The number of imide groups is 1. The number of amides is 3. The summed E-state index contributed by atoms with van der Waals surface area (Å²) in [5, 5.41) is 14.9. The van der Waals surface area contributed by atoms with Crippen LogP contribution in [-0.2, 0) is 16.1 Å². The van der Waals surface area contributed by atoms with Gasteiger partial charge in [0.1, 0.15) is 6.04 Å². The van der Waals surface area contributed by atoms with Crippen LogP contribution in [0.15, 0.2) is 18.2 Å². The van der Waals surface area contributed by atoms with Crippen LogP contribution in [0, 0.1) is 24.2 Å². The molecule has 4 aliphatic rings. The Kier molecular flexibility index (Phi) is 17.1. The number of nitriles is 1. The van der Waals surface area contributed by atoms with E-state index in [2.05, 4.69) is 16.7 Å². The van der Waals surface area contributed by atoms with E-state index in [0.29, 0.717) is 30.5 Å². The van der Waals surface area contributed by atoms with Gasteiger partial charge < -0.3 is 10.2 Å². The summed E-state index contributed by atoms with van der Waals surface area (Å²) in [7, 11) is 0. The third-order valence-electron chi connectivity index (χ3n) is 7.67. The molecular formula is C33H54N4O3. The molecule has 5 rings (SSSR count). The molecule has 0 spiro atoms. The van der Waals surface area contributed by atoms with E-state index < -0.39 is 6.04 Å². The number of aryl methyl sites for hydroxylation is 1. The Hall–Kier alpha value is -2.72. The topological polar surface area (TPSA) is 102 Å². The van der Waals surface area contributed by atoms with Crippen molar-refractivity contribution in [1.82, 2.24) is 15.5 Å². The van der Waals surface area contributed by atoms with Crippen LogP contribution in [0.3, 0.4) is 0 Å². The van der Waals surface area contributed by atoms with E-state index in [1.54, 1.807) is 11.0 Å². The normalized spacial score (nSPS) is 23.7. The van der Waals surface area contributed by atoms with Gasteiger partial charge in [0, 0.05) is 36.5 Å². The third-order valence-corrected chi connectivity index (χ3v) is 7.67. The van der Waals surface area contributed by atoms with E-state index in [0.717, 1.165) is 30.0 Å². The van der Waals surface area contributed by atoms with Crippen LogP contribution >= 0.6 is 0 Å². The second-order valence-electron chi connectivity index (χ2n) is 10.2. The first-order chi connectivity index (χ1) is 19.4. The van der Waals surface area contributed by atoms with Crippen molar-refractivity contribution in [3.05, 3.63) is 34.9 Å². The molecule has 2 N–H and O–H groups in total. The first-order valence-corrected chi connectivity index (χ1v) is 15.8. The molecule has 3 amide bonds. The van der Waals surface area contributed by atoms with Crippen LogP contribution in [-0.4, -0.2) is 40.7 Å². The highest BCUT2D eigenvalue weighted by Gasteiger charge is 2.38. The Labute approximate surface area is 243 Å². The fourth-order valence-corrected chi connectivity index (χ4v) is 5.69. The van der Waals surface area contributed by atoms with Crippen LogP contribution in [0.2, 0.25) is 0 Å². The predicted octanol–water partition coefficient (Wildman–Crippen LogP) is 6.83. The summed E-state index contributed by atoms with van der Waals surface area (Å²) < 4.78 is 0. The van der Waals surface area contributed by atoms with Gasteiger partial charge in [-0.05, 0) is 63.5 Å².